The Kier molecular flexibility index (Phi) is 16.7. The van der Waals surface area contributed by atoms with Crippen molar-refractivity contribution in [3.63, 3.8) is 0 Å². The molecule has 0 amide bonds. The minimum Gasteiger partial charge on any atom is -0.399 e. The zero-order valence-electron chi connectivity index (χ0n) is 28.6. The molecule has 0 saturated heterocycles. The normalized spacial score (nSPS) is 14.0. The monoisotopic (exact) mass is 705 g/mol. The second-order valence-corrected chi connectivity index (χ2v) is 16.2. The van der Waals surface area contributed by atoms with Gasteiger partial charge in [-0.2, -0.15) is 0 Å². The predicted octanol–water partition coefficient (Wildman–Crippen LogP) is 9.43. The van der Waals surface area contributed by atoms with E-state index < -0.39 is 0 Å². The van der Waals surface area contributed by atoms with Crippen LogP contribution >= 0.6 is 15.8 Å². The van der Waals surface area contributed by atoms with E-state index in [1.165, 1.54) is 63.1 Å². The van der Waals surface area contributed by atoms with Gasteiger partial charge < -0.3 is 12.2 Å². The summed E-state index contributed by atoms with van der Waals surface area (Å²) in [6, 6.07) is 51.2. The summed E-state index contributed by atoms with van der Waals surface area (Å²) in [5.41, 5.74) is 6.86. The maximum absolute atomic E-state index is 6.72. The van der Waals surface area contributed by atoms with E-state index in [0.29, 0.717) is 5.69 Å². The number of nitrogens with two attached hydrogens (primary N) is 1. The quantitative estimate of drug-likeness (QED) is 0.0590. The van der Waals surface area contributed by atoms with Crippen molar-refractivity contribution in [2.75, 3.05) is 18.1 Å². The molecule has 6 rings (SSSR count). The summed E-state index contributed by atoms with van der Waals surface area (Å²) >= 11 is 0. The third-order valence-corrected chi connectivity index (χ3v) is 14.1. The molecule has 0 aliphatic heterocycles. The molecule has 1 fully saturated rings. The number of nitrogen functional groups attached to an aromatic ring is 1. The maximum Gasteiger partial charge on any atom is 2.00 e. The van der Waals surface area contributed by atoms with E-state index in [1.54, 1.807) is 24.3 Å². The Balaban J connectivity index is 0.000000255. The third-order valence-electron chi connectivity index (χ3n) is 8.69. The van der Waals surface area contributed by atoms with Gasteiger partial charge in [-0.3, -0.25) is 5.92 Å². The summed E-state index contributed by atoms with van der Waals surface area (Å²) < 4.78 is 0. The molecule has 0 heterocycles. The van der Waals surface area contributed by atoms with E-state index in [-0.39, 0.29) is 32.9 Å². The Hall–Kier alpha value is -3.16. The Morgan fingerprint density at radius 2 is 0.688 bits per heavy atom. The van der Waals surface area contributed by atoms with E-state index in [9.17, 15) is 0 Å². The zero-order valence-corrected chi connectivity index (χ0v) is 31.5. The molecule has 0 spiro atoms. The van der Waals surface area contributed by atoms with Gasteiger partial charge >= 0.3 is 17.1 Å². The van der Waals surface area contributed by atoms with Gasteiger partial charge in [0.2, 0.25) is 0 Å². The summed E-state index contributed by atoms with van der Waals surface area (Å²) in [4.78, 5) is 0. The molecule has 0 unspecified atom stereocenters. The minimum absolute atomic E-state index is 0. The van der Waals surface area contributed by atoms with Crippen molar-refractivity contribution < 1.29 is 17.1 Å². The second-order valence-electron chi connectivity index (χ2n) is 11.5. The first-order valence-corrected chi connectivity index (χ1v) is 19.1. The number of benzene rings is 5. The van der Waals surface area contributed by atoms with Gasteiger partial charge in [0.1, 0.15) is 0 Å². The van der Waals surface area contributed by atoms with Gasteiger partial charge in [-0.05, 0) is 79.0 Å². The average molecular weight is 706 g/mol. The van der Waals surface area contributed by atoms with Crippen molar-refractivity contribution in [1.29, 1.82) is 0 Å². The van der Waals surface area contributed by atoms with Crippen LogP contribution in [-0.2, 0) is 17.1 Å². The molecular formula is C44H45FeNP2+. The van der Waals surface area contributed by atoms with Crippen molar-refractivity contribution in [1.82, 2.24) is 0 Å². The fourth-order valence-corrected chi connectivity index (χ4v) is 10.8. The molecule has 5 aromatic carbocycles. The Labute approximate surface area is 304 Å². The molecular weight excluding hydrogens is 660 g/mol. The van der Waals surface area contributed by atoms with Crippen LogP contribution in [-0.4, -0.2) is 12.3 Å². The van der Waals surface area contributed by atoms with Crippen molar-refractivity contribution in [2.24, 2.45) is 0 Å². The van der Waals surface area contributed by atoms with Crippen LogP contribution in [0.5, 0.6) is 0 Å². The molecule has 1 aliphatic carbocycles. The van der Waals surface area contributed by atoms with Crippen LogP contribution in [0, 0.1) is 41.9 Å². The van der Waals surface area contributed by atoms with Crippen LogP contribution in [0.1, 0.15) is 40.2 Å². The first kappa shape index (κ1) is 39.3. The van der Waals surface area contributed by atoms with Crippen molar-refractivity contribution in [3.05, 3.63) is 187 Å². The number of hydrogen-bond donors (Lipinski definition) is 1. The van der Waals surface area contributed by atoms with Crippen molar-refractivity contribution in [2.45, 2.75) is 34.6 Å². The maximum atomic E-state index is 6.72. The van der Waals surface area contributed by atoms with Gasteiger partial charge in [0.25, 0.3) is 0 Å². The molecule has 4 heteroatoms. The van der Waals surface area contributed by atoms with E-state index in [2.05, 4.69) is 162 Å². The van der Waals surface area contributed by atoms with E-state index in [1.807, 2.05) is 0 Å². The van der Waals surface area contributed by atoms with Gasteiger partial charge in [0.05, 0.1) is 0 Å². The summed E-state index contributed by atoms with van der Waals surface area (Å²) in [6.07, 6.45) is 9.14. The second kappa shape index (κ2) is 20.4. The number of hydrogen-bond acceptors (Lipinski definition) is 1. The van der Waals surface area contributed by atoms with E-state index in [0.717, 1.165) is 5.56 Å². The van der Waals surface area contributed by atoms with Gasteiger partial charge in [0, 0.05) is 5.69 Å². The van der Waals surface area contributed by atoms with Crippen LogP contribution in [0.15, 0.2) is 146 Å². The Morgan fingerprint density at radius 3 is 0.917 bits per heavy atom. The van der Waals surface area contributed by atoms with Crippen molar-refractivity contribution in [3.8, 4) is 5.92 Å². The molecule has 1 nitrogen and oxygen atoms in total. The topological polar surface area (TPSA) is 26.0 Å². The van der Waals surface area contributed by atoms with Crippen LogP contribution in [0.4, 0.5) is 5.69 Å². The van der Waals surface area contributed by atoms with Crippen LogP contribution in [0.3, 0.4) is 0 Å². The van der Waals surface area contributed by atoms with E-state index in [4.69, 9.17) is 12.2 Å². The fourth-order valence-electron chi connectivity index (χ4n) is 5.42. The van der Waals surface area contributed by atoms with Gasteiger partial charge in [-0.1, -0.05) is 168 Å². The molecule has 1 saturated carbocycles. The summed E-state index contributed by atoms with van der Waals surface area (Å²) in [5, 5.41) is 5.89. The molecule has 243 valence electrons. The third kappa shape index (κ3) is 11.2. The first-order valence-electron chi connectivity index (χ1n) is 16.0. The molecule has 1 aliphatic rings. The molecule has 0 aromatic heterocycles. The minimum atomic E-state index is -0.348. The van der Waals surface area contributed by atoms with Gasteiger partial charge in [0.15, 0.2) is 0 Å². The summed E-state index contributed by atoms with van der Waals surface area (Å²) in [5.74, 6) is 9.59. The standard InChI is InChI=1S/C26H24P2.C10H15.C8H6N.Fe/c1-5-13-23(14-6-1)27(24-15-7-2-8-16-24)21-22-28(25-17-9-3-10-18-25)26-19-11-4-12-20-26;1-6-7(2)9(4)10(5)8(6)3;1-2-7-3-5-8(9)6-4-7;/h1-20H,21-22H2;1-5H3;3-6H,9H2;/q;;-1;+2. The van der Waals surface area contributed by atoms with Gasteiger partial charge in [-0.25, -0.2) is 0 Å². The van der Waals surface area contributed by atoms with Crippen LogP contribution in [0.2, 0.25) is 0 Å². The molecule has 5 radical (unpaired) electrons. The first-order chi connectivity index (χ1) is 22.8. The van der Waals surface area contributed by atoms with Crippen molar-refractivity contribution >= 4 is 42.7 Å². The SMILES string of the molecule is C[C]1[C](C)[C](C)[C](C)[C]1C.[C-]#Cc1ccc(N)cc1.[Fe+2].c1ccc(P(CCP(c2ccccc2)c2ccccc2)c2ccccc2)cc1. The summed E-state index contributed by atoms with van der Waals surface area (Å²) in [6.45, 7) is 11.0. The Morgan fingerprint density at radius 1 is 0.438 bits per heavy atom. The van der Waals surface area contributed by atoms with Crippen LogP contribution < -0.4 is 27.0 Å². The summed E-state index contributed by atoms with van der Waals surface area (Å²) in [7, 11) is -0.696. The molecule has 5 aromatic rings. The average Bonchev–Trinajstić information content (AvgIpc) is 3.30. The fraction of sp³-hybridized carbons (Fsp3) is 0.159. The van der Waals surface area contributed by atoms with Gasteiger partial charge in [-0.15, -0.1) is 17.7 Å². The number of rotatable bonds is 7. The number of anilines is 1. The molecule has 2 N–H and O–H groups in total. The largest absolute Gasteiger partial charge is 2.00 e. The molecule has 48 heavy (non-hydrogen) atoms. The smallest absolute Gasteiger partial charge is 0.399 e. The molecule has 0 atom stereocenters. The van der Waals surface area contributed by atoms with Crippen LogP contribution in [0.25, 0.3) is 0 Å². The predicted molar refractivity (Wildman–Crippen MR) is 210 cm³/mol. The zero-order chi connectivity index (χ0) is 33.6. The Bertz CT molecular complexity index is 1420. The molecule has 0 bridgehead atoms. The van der Waals surface area contributed by atoms with E-state index >= 15 is 0 Å².